The predicted octanol–water partition coefficient (Wildman–Crippen LogP) is 4.56. The molecule has 0 aliphatic rings. The molecule has 0 saturated carbocycles. The van der Waals surface area contributed by atoms with Gasteiger partial charge in [0.25, 0.3) is 0 Å². The van der Waals surface area contributed by atoms with Gasteiger partial charge in [-0.05, 0) is 30.7 Å². The molecule has 0 aromatic heterocycles. The van der Waals surface area contributed by atoms with Crippen molar-refractivity contribution in [3.8, 4) is 11.1 Å². The second-order valence-electron chi connectivity index (χ2n) is 3.49. The molecule has 2 aromatic rings. The summed E-state index contributed by atoms with van der Waals surface area (Å²) in [4.78, 5) is 0. The van der Waals surface area contributed by atoms with E-state index in [-0.39, 0.29) is 5.82 Å². The maximum absolute atomic E-state index is 13.6. The number of halogens is 2. The highest BCUT2D eigenvalue weighted by molar-refractivity contribution is 9.10. The number of hydrogen-bond donors (Lipinski definition) is 0. The van der Waals surface area contributed by atoms with Crippen molar-refractivity contribution in [1.82, 2.24) is 0 Å². The molecule has 0 spiro atoms. The normalized spacial score (nSPS) is 10.3. The lowest BCUT2D eigenvalue weighted by atomic mass is 10.0. The lowest BCUT2D eigenvalue weighted by Gasteiger charge is -2.05. The number of aryl methyl sites for hydroxylation is 1. The Morgan fingerprint density at radius 2 is 1.87 bits per heavy atom. The number of benzene rings is 2. The first-order valence-electron chi connectivity index (χ1n) is 4.69. The van der Waals surface area contributed by atoms with Gasteiger partial charge in [0.2, 0.25) is 0 Å². The minimum absolute atomic E-state index is 0.191. The maximum atomic E-state index is 13.6. The van der Waals surface area contributed by atoms with E-state index in [1.807, 2.05) is 31.2 Å². The molecule has 0 nitrogen and oxygen atoms in total. The molecule has 0 aliphatic heterocycles. The summed E-state index contributed by atoms with van der Waals surface area (Å²) in [5.74, 6) is -0.191. The molecule has 0 amide bonds. The summed E-state index contributed by atoms with van der Waals surface area (Å²) in [5, 5.41) is 0. The Bertz CT molecular complexity index is 492. The third kappa shape index (κ3) is 2.26. The molecule has 0 heterocycles. The van der Waals surface area contributed by atoms with Crippen LogP contribution in [0.15, 0.2) is 46.9 Å². The first-order chi connectivity index (χ1) is 7.16. The fraction of sp³-hybridized carbons (Fsp3) is 0.0769. The van der Waals surface area contributed by atoms with Gasteiger partial charge < -0.3 is 0 Å². The zero-order chi connectivity index (χ0) is 10.8. The minimum atomic E-state index is -0.191. The predicted molar refractivity (Wildman–Crippen MR) is 64.3 cm³/mol. The maximum Gasteiger partial charge on any atom is 0.131 e. The van der Waals surface area contributed by atoms with Crippen LogP contribution in [0.1, 0.15) is 5.56 Å². The monoisotopic (exact) mass is 264 g/mol. The average molecular weight is 265 g/mol. The van der Waals surface area contributed by atoms with Crippen LogP contribution in [-0.4, -0.2) is 0 Å². The van der Waals surface area contributed by atoms with E-state index in [0.717, 1.165) is 15.6 Å². The quantitative estimate of drug-likeness (QED) is 0.708. The van der Waals surface area contributed by atoms with Crippen molar-refractivity contribution in [2.75, 3.05) is 0 Å². The lowest BCUT2D eigenvalue weighted by molar-refractivity contribution is 0.631. The van der Waals surface area contributed by atoms with E-state index in [4.69, 9.17) is 0 Å². The molecule has 2 heteroatoms. The molecule has 0 unspecified atom stereocenters. The van der Waals surface area contributed by atoms with E-state index in [0.29, 0.717) is 5.56 Å². The highest BCUT2D eigenvalue weighted by atomic mass is 79.9. The fourth-order valence-corrected chi connectivity index (χ4v) is 1.89. The second-order valence-corrected chi connectivity index (χ2v) is 4.41. The summed E-state index contributed by atoms with van der Waals surface area (Å²) in [6.45, 7) is 2.00. The third-order valence-electron chi connectivity index (χ3n) is 2.26. The van der Waals surface area contributed by atoms with Gasteiger partial charge in [-0.1, -0.05) is 45.8 Å². The molecular formula is C13H10BrF. The van der Waals surface area contributed by atoms with E-state index < -0.39 is 0 Å². The highest BCUT2D eigenvalue weighted by Gasteiger charge is 2.05. The largest absolute Gasteiger partial charge is 0.206 e. The Labute approximate surface area is 96.9 Å². The van der Waals surface area contributed by atoms with Gasteiger partial charge in [0.1, 0.15) is 5.82 Å². The number of hydrogen-bond acceptors (Lipinski definition) is 0. The van der Waals surface area contributed by atoms with Crippen LogP contribution in [0.3, 0.4) is 0 Å². The molecule has 0 saturated heterocycles. The van der Waals surface area contributed by atoms with E-state index in [1.54, 1.807) is 12.1 Å². The molecule has 0 fully saturated rings. The Morgan fingerprint density at radius 3 is 2.60 bits per heavy atom. The number of rotatable bonds is 1. The van der Waals surface area contributed by atoms with Crippen LogP contribution in [-0.2, 0) is 0 Å². The summed E-state index contributed by atoms with van der Waals surface area (Å²) >= 11 is 3.35. The first-order valence-corrected chi connectivity index (χ1v) is 5.48. The topological polar surface area (TPSA) is 0 Å². The molecule has 0 atom stereocenters. The molecule has 0 radical (unpaired) electrons. The first kappa shape index (κ1) is 10.4. The van der Waals surface area contributed by atoms with Gasteiger partial charge in [-0.25, -0.2) is 4.39 Å². The molecule has 15 heavy (non-hydrogen) atoms. The van der Waals surface area contributed by atoms with Crippen LogP contribution in [0.5, 0.6) is 0 Å². The summed E-state index contributed by atoms with van der Waals surface area (Å²) in [6.07, 6.45) is 0. The Hall–Kier alpha value is -1.15. The van der Waals surface area contributed by atoms with Gasteiger partial charge in [-0.3, -0.25) is 0 Å². The Kier molecular flexibility index (Phi) is 2.87. The standard InChI is InChI=1S/C13H10BrF/c1-9-3-2-4-10(7-9)12-8-11(14)5-6-13(12)15/h2-8H,1H3. The third-order valence-corrected chi connectivity index (χ3v) is 2.75. The van der Waals surface area contributed by atoms with Crippen LogP contribution in [0, 0.1) is 12.7 Å². The van der Waals surface area contributed by atoms with Crippen molar-refractivity contribution in [2.24, 2.45) is 0 Å². The van der Waals surface area contributed by atoms with Crippen molar-refractivity contribution in [3.05, 3.63) is 58.3 Å². The molecule has 0 bridgehead atoms. The molecule has 76 valence electrons. The lowest BCUT2D eigenvalue weighted by Crippen LogP contribution is -1.84. The van der Waals surface area contributed by atoms with Crippen molar-refractivity contribution in [1.29, 1.82) is 0 Å². The van der Waals surface area contributed by atoms with Crippen molar-refractivity contribution in [2.45, 2.75) is 6.92 Å². The van der Waals surface area contributed by atoms with Gasteiger partial charge in [0.15, 0.2) is 0 Å². The van der Waals surface area contributed by atoms with Gasteiger partial charge in [0, 0.05) is 10.0 Å². The Morgan fingerprint density at radius 1 is 1.07 bits per heavy atom. The van der Waals surface area contributed by atoms with Crippen LogP contribution >= 0.6 is 15.9 Å². The Balaban J connectivity index is 2.58. The van der Waals surface area contributed by atoms with E-state index >= 15 is 0 Å². The fourth-order valence-electron chi connectivity index (χ4n) is 1.53. The molecule has 0 aliphatic carbocycles. The SMILES string of the molecule is Cc1cccc(-c2cc(Br)ccc2F)c1. The molecule has 2 rings (SSSR count). The second kappa shape index (κ2) is 4.15. The van der Waals surface area contributed by atoms with E-state index in [9.17, 15) is 4.39 Å². The highest BCUT2D eigenvalue weighted by Crippen LogP contribution is 2.26. The van der Waals surface area contributed by atoms with Crippen LogP contribution in [0.2, 0.25) is 0 Å². The van der Waals surface area contributed by atoms with Crippen LogP contribution in [0.25, 0.3) is 11.1 Å². The van der Waals surface area contributed by atoms with Crippen molar-refractivity contribution >= 4 is 15.9 Å². The van der Waals surface area contributed by atoms with Crippen LogP contribution in [0.4, 0.5) is 4.39 Å². The minimum Gasteiger partial charge on any atom is -0.206 e. The van der Waals surface area contributed by atoms with Gasteiger partial charge in [-0.15, -0.1) is 0 Å². The van der Waals surface area contributed by atoms with Crippen LogP contribution < -0.4 is 0 Å². The summed E-state index contributed by atoms with van der Waals surface area (Å²) < 4.78 is 14.5. The average Bonchev–Trinajstić information content (AvgIpc) is 2.22. The summed E-state index contributed by atoms with van der Waals surface area (Å²) in [7, 11) is 0. The summed E-state index contributed by atoms with van der Waals surface area (Å²) in [5.41, 5.74) is 2.67. The van der Waals surface area contributed by atoms with E-state index in [2.05, 4.69) is 15.9 Å². The molecule has 2 aromatic carbocycles. The van der Waals surface area contributed by atoms with Gasteiger partial charge in [0.05, 0.1) is 0 Å². The zero-order valence-corrected chi connectivity index (χ0v) is 9.88. The summed E-state index contributed by atoms with van der Waals surface area (Å²) in [6, 6.07) is 12.8. The smallest absolute Gasteiger partial charge is 0.131 e. The molecular weight excluding hydrogens is 255 g/mol. The zero-order valence-electron chi connectivity index (χ0n) is 8.30. The molecule has 0 N–H and O–H groups in total. The van der Waals surface area contributed by atoms with E-state index in [1.165, 1.54) is 6.07 Å². The van der Waals surface area contributed by atoms with Gasteiger partial charge in [-0.2, -0.15) is 0 Å². The van der Waals surface area contributed by atoms with Gasteiger partial charge >= 0.3 is 0 Å². The van der Waals surface area contributed by atoms with Crippen molar-refractivity contribution < 1.29 is 4.39 Å². The van der Waals surface area contributed by atoms with Crippen molar-refractivity contribution in [3.63, 3.8) is 0 Å².